The topological polar surface area (TPSA) is 83.1 Å². The summed E-state index contributed by atoms with van der Waals surface area (Å²) >= 11 is 1.75. The van der Waals surface area contributed by atoms with Gasteiger partial charge in [0.15, 0.2) is 11.6 Å². The van der Waals surface area contributed by atoms with Gasteiger partial charge in [-0.25, -0.2) is 4.98 Å². The molecule has 1 fully saturated rings. The van der Waals surface area contributed by atoms with Gasteiger partial charge < -0.3 is 9.64 Å². The van der Waals surface area contributed by atoms with Gasteiger partial charge in [-0.2, -0.15) is 15.1 Å². The predicted octanol–water partition coefficient (Wildman–Crippen LogP) is 3.82. The van der Waals surface area contributed by atoms with Gasteiger partial charge >= 0.3 is 0 Å². The zero-order valence-corrected chi connectivity index (χ0v) is 19.2. The van der Waals surface area contributed by atoms with Crippen molar-refractivity contribution in [3.05, 3.63) is 41.4 Å². The van der Waals surface area contributed by atoms with E-state index >= 15 is 0 Å². The number of aromatic amines is 1. The fourth-order valence-corrected chi connectivity index (χ4v) is 4.90. The second-order valence-corrected chi connectivity index (χ2v) is 8.91. The molecule has 1 aliphatic rings. The molecule has 5 rings (SSSR count). The molecule has 0 unspecified atom stereocenters. The molecule has 0 saturated carbocycles. The molecular formula is C23H27N7OS. The summed E-state index contributed by atoms with van der Waals surface area (Å²) < 4.78 is 5.53. The normalized spacial score (nSPS) is 14.5. The third kappa shape index (κ3) is 4.23. The Bertz CT molecular complexity index is 1190. The summed E-state index contributed by atoms with van der Waals surface area (Å²) in [6, 6.07) is 10.4. The minimum Gasteiger partial charge on any atom is -0.378 e. The number of anilines is 1. The monoisotopic (exact) mass is 449 g/mol. The van der Waals surface area contributed by atoms with Gasteiger partial charge in [0.1, 0.15) is 0 Å². The maximum Gasteiger partial charge on any atom is 0.229 e. The number of thiophene rings is 1. The summed E-state index contributed by atoms with van der Waals surface area (Å²) in [6.45, 7) is 10.3. The Balaban J connectivity index is 1.57. The number of hydrogen-bond acceptors (Lipinski definition) is 8. The minimum absolute atomic E-state index is 0.669. The second-order valence-electron chi connectivity index (χ2n) is 7.75. The Morgan fingerprint density at radius 3 is 2.66 bits per heavy atom. The van der Waals surface area contributed by atoms with Crippen LogP contribution in [0, 0.1) is 0 Å². The summed E-state index contributed by atoms with van der Waals surface area (Å²) in [7, 11) is 0. The van der Waals surface area contributed by atoms with Crippen molar-refractivity contribution in [1.82, 2.24) is 30.0 Å². The first kappa shape index (κ1) is 21.0. The quantitative estimate of drug-likeness (QED) is 0.459. The van der Waals surface area contributed by atoms with Gasteiger partial charge in [0.25, 0.3) is 0 Å². The fraction of sp³-hybridized carbons (Fsp3) is 0.391. The summed E-state index contributed by atoms with van der Waals surface area (Å²) in [5.74, 6) is 2.09. The molecule has 32 heavy (non-hydrogen) atoms. The number of morpholine rings is 1. The zero-order valence-electron chi connectivity index (χ0n) is 18.4. The predicted molar refractivity (Wildman–Crippen MR) is 128 cm³/mol. The van der Waals surface area contributed by atoms with Gasteiger partial charge in [0.05, 0.1) is 29.8 Å². The lowest BCUT2D eigenvalue weighted by atomic mass is 10.1. The van der Waals surface area contributed by atoms with E-state index < -0.39 is 0 Å². The zero-order chi connectivity index (χ0) is 21.9. The number of fused-ring (bicyclic) bond motifs is 1. The van der Waals surface area contributed by atoms with E-state index in [0.717, 1.165) is 54.1 Å². The lowest BCUT2D eigenvalue weighted by molar-refractivity contribution is 0.122. The number of ether oxygens (including phenoxy) is 1. The minimum atomic E-state index is 0.669. The number of nitrogens with one attached hydrogen (secondary N) is 1. The molecule has 166 valence electrons. The number of H-pyrrole nitrogens is 1. The van der Waals surface area contributed by atoms with Gasteiger partial charge in [-0.05, 0) is 31.3 Å². The van der Waals surface area contributed by atoms with Crippen molar-refractivity contribution in [3.8, 4) is 22.1 Å². The van der Waals surface area contributed by atoms with E-state index in [0.29, 0.717) is 30.8 Å². The van der Waals surface area contributed by atoms with Crippen LogP contribution < -0.4 is 4.90 Å². The molecule has 4 aromatic rings. The van der Waals surface area contributed by atoms with Gasteiger partial charge in [0.2, 0.25) is 5.95 Å². The molecule has 0 bridgehead atoms. The smallest absolute Gasteiger partial charge is 0.229 e. The van der Waals surface area contributed by atoms with Crippen LogP contribution in [-0.4, -0.2) is 69.4 Å². The molecule has 3 aromatic heterocycles. The van der Waals surface area contributed by atoms with Gasteiger partial charge in [0, 0.05) is 35.5 Å². The number of nitrogens with zero attached hydrogens (tertiary/aromatic N) is 6. The highest BCUT2D eigenvalue weighted by atomic mass is 32.1. The first-order valence-corrected chi connectivity index (χ1v) is 11.9. The van der Waals surface area contributed by atoms with E-state index in [-0.39, 0.29) is 0 Å². The maximum atomic E-state index is 5.53. The number of aromatic nitrogens is 5. The molecule has 1 aromatic carbocycles. The van der Waals surface area contributed by atoms with Crippen molar-refractivity contribution in [3.63, 3.8) is 0 Å². The molecule has 8 nitrogen and oxygen atoms in total. The summed E-state index contributed by atoms with van der Waals surface area (Å²) in [4.78, 5) is 21.6. The van der Waals surface area contributed by atoms with Crippen molar-refractivity contribution >= 4 is 28.2 Å². The van der Waals surface area contributed by atoms with Crippen LogP contribution in [-0.2, 0) is 11.3 Å². The maximum absolute atomic E-state index is 5.53. The largest absolute Gasteiger partial charge is 0.378 e. The van der Waals surface area contributed by atoms with Crippen LogP contribution in [0.15, 0.2) is 36.5 Å². The van der Waals surface area contributed by atoms with Crippen LogP contribution in [0.25, 0.3) is 33.0 Å². The summed E-state index contributed by atoms with van der Waals surface area (Å²) in [6.07, 6.45) is 1.83. The first-order chi connectivity index (χ1) is 15.7. The highest BCUT2D eigenvalue weighted by Gasteiger charge is 2.20. The Labute approximate surface area is 191 Å². The average molecular weight is 450 g/mol. The molecule has 0 radical (unpaired) electrons. The average Bonchev–Trinajstić information content (AvgIpc) is 3.52. The fourth-order valence-electron chi connectivity index (χ4n) is 3.91. The number of benzene rings is 1. The van der Waals surface area contributed by atoms with Crippen molar-refractivity contribution in [2.75, 3.05) is 44.3 Å². The van der Waals surface area contributed by atoms with Crippen molar-refractivity contribution in [2.24, 2.45) is 0 Å². The van der Waals surface area contributed by atoms with E-state index in [2.05, 4.69) is 46.0 Å². The van der Waals surface area contributed by atoms with Crippen molar-refractivity contribution < 1.29 is 4.74 Å². The molecule has 0 aliphatic carbocycles. The molecule has 0 amide bonds. The van der Waals surface area contributed by atoms with Crippen molar-refractivity contribution in [2.45, 2.75) is 20.4 Å². The number of hydrogen-bond donors (Lipinski definition) is 1. The molecular weight excluding hydrogens is 422 g/mol. The second kappa shape index (κ2) is 9.32. The van der Waals surface area contributed by atoms with Crippen LogP contribution in [0.3, 0.4) is 0 Å². The lowest BCUT2D eigenvalue weighted by Crippen LogP contribution is -2.37. The summed E-state index contributed by atoms with van der Waals surface area (Å²) in [5.41, 5.74) is 1.92. The van der Waals surface area contributed by atoms with Crippen LogP contribution in [0.5, 0.6) is 0 Å². The van der Waals surface area contributed by atoms with Crippen LogP contribution in [0.1, 0.15) is 18.7 Å². The molecule has 4 heterocycles. The Kier molecular flexibility index (Phi) is 6.11. The van der Waals surface area contributed by atoms with Crippen LogP contribution >= 0.6 is 11.3 Å². The number of rotatable bonds is 7. The van der Waals surface area contributed by atoms with Crippen molar-refractivity contribution in [1.29, 1.82) is 0 Å². The Morgan fingerprint density at radius 1 is 1.03 bits per heavy atom. The van der Waals surface area contributed by atoms with E-state index in [1.54, 1.807) is 11.3 Å². The van der Waals surface area contributed by atoms with Crippen LogP contribution in [0.2, 0.25) is 0 Å². The molecule has 1 N–H and O–H groups in total. The third-order valence-electron chi connectivity index (χ3n) is 5.80. The van der Waals surface area contributed by atoms with Gasteiger partial charge in [-0.15, -0.1) is 11.3 Å². The SMILES string of the molecule is CCN(CC)Cc1ccc(-c2nc(-c3cccc4[nH]ncc34)nc(N3CCOCC3)n2)s1. The molecule has 9 heteroatoms. The van der Waals surface area contributed by atoms with Crippen LogP contribution in [0.4, 0.5) is 5.95 Å². The lowest BCUT2D eigenvalue weighted by Gasteiger charge is -2.27. The Morgan fingerprint density at radius 2 is 1.84 bits per heavy atom. The molecule has 1 saturated heterocycles. The summed E-state index contributed by atoms with van der Waals surface area (Å²) in [5, 5.41) is 8.24. The third-order valence-corrected chi connectivity index (χ3v) is 6.87. The molecule has 0 atom stereocenters. The van der Waals surface area contributed by atoms with E-state index in [9.17, 15) is 0 Å². The molecule has 1 aliphatic heterocycles. The van der Waals surface area contributed by atoms with Gasteiger partial charge in [-0.3, -0.25) is 10.00 Å². The Hall–Kier alpha value is -2.88. The van der Waals surface area contributed by atoms with E-state index in [4.69, 9.17) is 19.7 Å². The highest BCUT2D eigenvalue weighted by molar-refractivity contribution is 7.15. The first-order valence-electron chi connectivity index (χ1n) is 11.1. The highest BCUT2D eigenvalue weighted by Crippen LogP contribution is 2.31. The molecule has 0 spiro atoms. The van der Waals surface area contributed by atoms with Gasteiger partial charge in [-0.1, -0.05) is 26.0 Å². The van der Waals surface area contributed by atoms with E-state index in [1.165, 1.54) is 4.88 Å². The standard InChI is InChI=1S/C23H27N7OS/c1-3-29(4-2)15-16-8-9-20(32-16)22-25-21(17-6-5-7-19-18(17)14-24-28-19)26-23(27-22)30-10-12-31-13-11-30/h5-9,14H,3-4,10-13,15H2,1-2H3,(H,24,28). The van der Waals surface area contributed by atoms with E-state index in [1.807, 2.05) is 24.4 Å².